The molecule has 3 heteroatoms. The molecule has 18 heavy (non-hydrogen) atoms. The number of rotatable bonds is 6. The van der Waals surface area contributed by atoms with E-state index in [-0.39, 0.29) is 0 Å². The Morgan fingerprint density at radius 3 is 2.89 bits per heavy atom. The number of nitrogens with zero attached hydrogens (tertiary/aromatic N) is 2. The van der Waals surface area contributed by atoms with E-state index in [1.807, 2.05) is 0 Å². The van der Waals surface area contributed by atoms with E-state index < -0.39 is 0 Å². The van der Waals surface area contributed by atoms with Crippen LogP contribution in [0.2, 0.25) is 0 Å². The fraction of sp³-hybridized carbons (Fsp3) is 0.600. The van der Waals surface area contributed by atoms with Crippen LogP contribution in [0.25, 0.3) is 0 Å². The molecule has 0 saturated carbocycles. The van der Waals surface area contributed by atoms with Gasteiger partial charge in [-0.2, -0.15) is 0 Å². The highest BCUT2D eigenvalue weighted by molar-refractivity contribution is 5.55. The number of nitrogens with one attached hydrogen (secondary N) is 1. The molecule has 0 saturated heterocycles. The quantitative estimate of drug-likeness (QED) is 0.770. The van der Waals surface area contributed by atoms with Crippen molar-refractivity contribution in [1.82, 2.24) is 10.2 Å². The molecule has 1 aromatic carbocycles. The summed E-state index contributed by atoms with van der Waals surface area (Å²) in [6.45, 7) is 5.57. The number of fused-ring (bicyclic) bond motifs is 1. The van der Waals surface area contributed by atoms with Gasteiger partial charge in [0, 0.05) is 38.4 Å². The summed E-state index contributed by atoms with van der Waals surface area (Å²) in [5.74, 6) is 0. The molecule has 1 aliphatic rings. The molecule has 0 amide bonds. The maximum Gasteiger partial charge on any atom is 0.0399 e. The van der Waals surface area contributed by atoms with Crippen LogP contribution in [-0.2, 0) is 6.42 Å². The van der Waals surface area contributed by atoms with Gasteiger partial charge in [0.2, 0.25) is 0 Å². The van der Waals surface area contributed by atoms with Gasteiger partial charge in [-0.1, -0.05) is 18.2 Å². The average Bonchev–Trinajstić information content (AvgIpc) is 2.38. The Hall–Kier alpha value is -1.06. The number of likely N-dealkylation sites (N-methyl/N-ethyl adjacent to an activating group) is 1. The first kappa shape index (κ1) is 13.4. The van der Waals surface area contributed by atoms with Crippen LogP contribution in [0.15, 0.2) is 24.3 Å². The van der Waals surface area contributed by atoms with Crippen LogP contribution in [0.1, 0.15) is 12.0 Å². The van der Waals surface area contributed by atoms with Gasteiger partial charge in [0.1, 0.15) is 0 Å². The Balaban J connectivity index is 1.77. The van der Waals surface area contributed by atoms with Gasteiger partial charge in [0.25, 0.3) is 0 Å². The molecule has 3 nitrogen and oxygen atoms in total. The lowest BCUT2D eigenvalue weighted by atomic mass is 10.0. The third-order valence-electron chi connectivity index (χ3n) is 3.50. The van der Waals surface area contributed by atoms with Crippen LogP contribution in [0.3, 0.4) is 0 Å². The van der Waals surface area contributed by atoms with Crippen LogP contribution in [0.5, 0.6) is 0 Å². The fourth-order valence-corrected chi connectivity index (χ4v) is 2.49. The van der Waals surface area contributed by atoms with E-state index in [0.717, 1.165) is 26.2 Å². The van der Waals surface area contributed by atoms with E-state index in [0.29, 0.717) is 0 Å². The Morgan fingerprint density at radius 1 is 1.22 bits per heavy atom. The lowest BCUT2D eigenvalue weighted by Crippen LogP contribution is -2.37. The van der Waals surface area contributed by atoms with Crippen molar-refractivity contribution in [2.45, 2.75) is 12.8 Å². The zero-order valence-corrected chi connectivity index (χ0v) is 11.7. The summed E-state index contributed by atoms with van der Waals surface area (Å²) in [7, 11) is 4.23. The summed E-state index contributed by atoms with van der Waals surface area (Å²) >= 11 is 0. The van der Waals surface area contributed by atoms with E-state index in [1.165, 1.54) is 30.6 Å². The van der Waals surface area contributed by atoms with E-state index in [1.54, 1.807) is 0 Å². The topological polar surface area (TPSA) is 18.5 Å². The predicted octanol–water partition coefficient (Wildman–Crippen LogP) is 1.59. The Kier molecular flexibility index (Phi) is 5.02. The summed E-state index contributed by atoms with van der Waals surface area (Å²) in [6.07, 6.45) is 2.52. The Morgan fingerprint density at radius 2 is 2.06 bits per heavy atom. The van der Waals surface area contributed by atoms with Gasteiger partial charge in [-0.15, -0.1) is 0 Å². The predicted molar refractivity (Wildman–Crippen MR) is 78.4 cm³/mol. The SMILES string of the molecule is CN(C)CCNCCN1CCCc2ccccc21. The second-order valence-corrected chi connectivity index (χ2v) is 5.27. The highest BCUT2D eigenvalue weighted by Gasteiger charge is 2.14. The molecule has 1 aromatic rings. The standard InChI is InChI=1S/C15H25N3/c1-17(2)12-9-16-10-13-18-11-5-7-14-6-3-4-8-15(14)18/h3-4,6,8,16H,5,7,9-13H2,1-2H3. The molecule has 0 spiro atoms. The first-order valence-electron chi connectivity index (χ1n) is 6.95. The first-order chi connectivity index (χ1) is 8.77. The summed E-state index contributed by atoms with van der Waals surface area (Å²) in [5, 5.41) is 3.51. The molecule has 0 fully saturated rings. The highest BCUT2D eigenvalue weighted by atomic mass is 15.2. The molecule has 0 bridgehead atoms. The first-order valence-corrected chi connectivity index (χ1v) is 6.95. The van der Waals surface area contributed by atoms with E-state index >= 15 is 0 Å². The summed E-state index contributed by atoms with van der Waals surface area (Å²) in [6, 6.07) is 8.82. The number of benzene rings is 1. The number of hydrogen-bond donors (Lipinski definition) is 1. The smallest absolute Gasteiger partial charge is 0.0399 e. The van der Waals surface area contributed by atoms with Gasteiger partial charge in [0.05, 0.1) is 0 Å². The number of para-hydroxylation sites is 1. The van der Waals surface area contributed by atoms with Gasteiger partial charge in [-0.25, -0.2) is 0 Å². The molecule has 0 unspecified atom stereocenters. The van der Waals surface area contributed by atoms with Crippen molar-refractivity contribution in [3.63, 3.8) is 0 Å². The monoisotopic (exact) mass is 247 g/mol. The molecule has 2 rings (SSSR count). The maximum atomic E-state index is 3.51. The zero-order chi connectivity index (χ0) is 12.8. The second kappa shape index (κ2) is 6.76. The molecule has 0 radical (unpaired) electrons. The molecule has 1 heterocycles. The van der Waals surface area contributed by atoms with E-state index in [9.17, 15) is 0 Å². The van der Waals surface area contributed by atoms with Gasteiger partial charge < -0.3 is 15.1 Å². The minimum absolute atomic E-state index is 1.07. The molecule has 1 aliphatic heterocycles. The third-order valence-corrected chi connectivity index (χ3v) is 3.50. The van der Waals surface area contributed by atoms with Gasteiger partial charge in [0.15, 0.2) is 0 Å². The van der Waals surface area contributed by atoms with Crippen molar-refractivity contribution in [2.24, 2.45) is 0 Å². The zero-order valence-electron chi connectivity index (χ0n) is 11.7. The Labute approximate surface area is 111 Å². The normalized spacial score (nSPS) is 14.9. The maximum absolute atomic E-state index is 3.51. The van der Waals surface area contributed by atoms with Crippen molar-refractivity contribution >= 4 is 5.69 Å². The molecular weight excluding hydrogens is 222 g/mol. The van der Waals surface area contributed by atoms with Crippen molar-refractivity contribution < 1.29 is 0 Å². The van der Waals surface area contributed by atoms with Gasteiger partial charge in [-0.3, -0.25) is 0 Å². The molecule has 0 aliphatic carbocycles. The second-order valence-electron chi connectivity index (χ2n) is 5.27. The van der Waals surface area contributed by atoms with Crippen LogP contribution < -0.4 is 10.2 Å². The Bertz CT molecular complexity index is 363. The van der Waals surface area contributed by atoms with Crippen LogP contribution in [-0.4, -0.2) is 51.7 Å². The molecule has 0 atom stereocenters. The number of aryl methyl sites for hydroxylation is 1. The number of hydrogen-bond acceptors (Lipinski definition) is 3. The highest BCUT2D eigenvalue weighted by Crippen LogP contribution is 2.25. The van der Waals surface area contributed by atoms with Crippen molar-refractivity contribution in [3.05, 3.63) is 29.8 Å². The van der Waals surface area contributed by atoms with Crippen LogP contribution in [0, 0.1) is 0 Å². The summed E-state index contributed by atoms with van der Waals surface area (Å²) in [5.41, 5.74) is 2.95. The lowest BCUT2D eigenvalue weighted by Gasteiger charge is -2.31. The summed E-state index contributed by atoms with van der Waals surface area (Å²) in [4.78, 5) is 4.73. The third kappa shape index (κ3) is 3.72. The lowest BCUT2D eigenvalue weighted by molar-refractivity contribution is 0.401. The molecular formula is C15H25N3. The molecule has 1 N–H and O–H groups in total. The fourth-order valence-electron chi connectivity index (χ4n) is 2.49. The van der Waals surface area contributed by atoms with E-state index in [2.05, 4.69) is 53.5 Å². The van der Waals surface area contributed by atoms with Crippen molar-refractivity contribution in [1.29, 1.82) is 0 Å². The van der Waals surface area contributed by atoms with Crippen LogP contribution >= 0.6 is 0 Å². The molecule has 100 valence electrons. The van der Waals surface area contributed by atoms with Crippen molar-refractivity contribution in [3.8, 4) is 0 Å². The number of anilines is 1. The van der Waals surface area contributed by atoms with Gasteiger partial charge >= 0.3 is 0 Å². The van der Waals surface area contributed by atoms with Crippen LogP contribution in [0.4, 0.5) is 5.69 Å². The van der Waals surface area contributed by atoms with E-state index in [4.69, 9.17) is 0 Å². The van der Waals surface area contributed by atoms with Gasteiger partial charge in [-0.05, 0) is 38.6 Å². The minimum Gasteiger partial charge on any atom is -0.370 e. The minimum atomic E-state index is 1.07. The largest absolute Gasteiger partial charge is 0.370 e. The van der Waals surface area contributed by atoms with Crippen molar-refractivity contribution in [2.75, 3.05) is 51.7 Å². The summed E-state index contributed by atoms with van der Waals surface area (Å²) < 4.78 is 0. The average molecular weight is 247 g/mol. The molecule has 0 aromatic heterocycles.